The predicted octanol–water partition coefficient (Wildman–Crippen LogP) is 4.44. The molecule has 1 N–H and O–H groups in total. The SMILES string of the molecule is CSCc1cccc(NC(=O)c2ccn(-c3cccc(F)c3)n2)c1C. The molecule has 0 aliphatic heterocycles. The zero-order valence-electron chi connectivity index (χ0n) is 14.0. The van der Waals surface area contributed by atoms with Gasteiger partial charge in [0, 0.05) is 17.6 Å². The van der Waals surface area contributed by atoms with Gasteiger partial charge in [-0.25, -0.2) is 9.07 Å². The standard InChI is InChI=1S/C19H18FN3OS/c1-13-14(12-25-2)5-3-8-17(13)21-19(24)18-9-10-23(22-18)16-7-4-6-15(20)11-16/h3-11H,12H2,1-2H3,(H,21,24). The van der Waals surface area contributed by atoms with Crippen molar-refractivity contribution in [1.29, 1.82) is 0 Å². The van der Waals surface area contributed by atoms with Gasteiger partial charge in [-0.2, -0.15) is 16.9 Å². The summed E-state index contributed by atoms with van der Waals surface area (Å²) in [5.41, 5.74) is 3.86. The molecule has 0 radical (unpaired) electrons. The molecule has 0 spiro atoms. The fraction of sp³-hybridized carbons (Fsp3) is 0.158. The van der Waals surface area contributed by atoms with Crippen LogP contribution in [0.25, 0.3) is 5.69 Å². The number of rotatable bonds is 5. The molecular weight excluding hydrogens is 337 g/mol. The molecule has 0 atom stereocenters. The van der Waals surface area contributed by atoms with Gasteiger partial charge in [-0.15, -0.1) is 0 Å². The number of thioether (sulfide) groups is 1. The summed E-state index contributed by atoms with van der Waals surface area (Å²) >= 11 is 1.74. The fourth-order valence-corrected chi connectivity index (χ4v) is 3.15. The molecule has 0 bridgehead atoms. The molecule has 0 aliphatic rings. The van der Waals surface area contributed by atoms with Gasteiger partial charge in [0.05, 0.1) is 5.69 Å². The van der Waals surface area contributed by atoms with Crippen molar-refractivity contribution in [3.63, 3.8) is 0 Å². The van der Waals surface area contributed by atoms with E-state index in [1.165, 1.54) is 22.4 Å². The lowest BCUT2D eigenvalue weighted by Gasteiger charge is -2.11. The van der Waals surface area contributed by atoms with Crippen LogP contribution in [0.1, 0.15) is 21.6 Å². The number of hydrogen-bond acceptors (Lipinski definition) is 3. The van der Waals surface area contributed by atoms with Crippen molar-refractivity contribution in [2.75, 3.05) is 11.6 Å². The first kappa shape index (κ1) is 17.2. The third-order valence-corrected chi connectivity index (χ3v) is 4.49. The highest BCUT2D eigenvalue weighted by Crippen LogP contribution is 2.22. The Bertz CT molecular complexity index is 907. The molecule has 1 aromatic heterocycles. The van der Waals surface area contributed by atoms with Crippen LogP contribution in [0.5, 0.6) is 0 Å². The third kappa shape index (κ3) is 3.91. The van der Waals surface area contributed by atoms with E-state index in [9.17, 15) is 9.18 Å². The van der Waals surface area contributed by atoms with Crippen LogP contribution in [0.4, 0.5) is 10.1 Å². The summed E-state index contributed by atoms with van der Waals surface area (Å²) in [6.45, 7) is 1.99. The van der Waals surface area contributed by atoms with E-state index in [0.29, 0.717) is 5.69 Å². The summed E-state index contributed by atoms with van der Waals surface area (Å²) in [4.78, 5) is 12.5. The van der Waals surface area contributed by atoms with Gasteiger partial charge in [-0.3, -0.25) is 4.79 Å². The van der Waals surface area contributed by atoms with Crippen molar-refractivity contribution in [3.05, 3.63) is 77.4 Å². The molecule has 3 rings (SSSR count). The maximum atomic E-state index is 13.3. The molecular formula is C19H18FN3OS. The van der Waals surface area contributed by atoms with Gasteiger partial charge >= 0.3 is 0 Å². The van der Waals surface area contributed by atoms with Crippen LogP contribution >= 0.6 is 11.8 Å². The minimum Gasteiger partial charge on any atom is -0.320 e. The topological polar surface area (TPSA) is 46.9 Å². The summed E-state index contributed by atoms with van der Waals surface area (Å²) < 4.78 is 14.8. The number of anilines is 1. The molecule has 2 aromatic carbocycles. The summed E-state index contributed by atoms with van der Waals surface area (Å²) in [6, 6.07) is 13.5. The number of halogens is 1. The van der Waals surface area contributed by atoms with Gasteiger partial charge in [0.25, 0.3) is 5.91 Å². The number of carbonyl (C=O) groups is 1. The minimum absolute atomic E-state index is 0.277. The maximum absolute atomic E-state index is 13.3. The van der Waals surface area contributed by atoms with Crippen molar-refractivity contribution in [2.24, 2.45) is 0 Å². The van der Waals surface area contributed by atoms with Crippen LogP contribution in [0.15, 0.2) is 54.7 Å². The maximum Gasteiger partial charge on any atom is 0.276 e. The number of nitrogens with zero attached hydrogens (tertiary/aromatic N) is 2. The third-order valence-electron chi connectivity index (χ3n) is 3.89. The van der Waals surface area contributed by atoms with E-state index >= 15 is 0 Å². The highest BCUT2D eigenvalue weighted by Gasteiger charge is 2.13. The van der Waals surface area contributed by atoms with Gasteiger partial charge in [0.1, 0.15) is 5.82 Å². The zero-order chi connectivity index (χ0) is 17.8. The van der Waals surface area contributed by atoms with Crippen molar-refractivity contribution < 1.29 is 9.18 Å². The second-order valence-electron chi connectivity index (χ2n) is 5.60. The number of nitrogens with one attached hydrogen (secondary N) is 1. The average molecular weight is 355 g/mol. The van der Waals surface area contributed by atoms with E-state index in [4.69, 9.17) is 0 Å². The number of amides is 1. The van der Waals surface area contributed by atoms with Crippen molar-refractivity contribution in [2.45, 2.75) is 12.7 Å². The van der Waals surface area contributed by atoms with E-state index < -0.39 is 0 Å². The first-order chi connectivity index (χ1) is 12.1. The lowest BCUT2D eigenvalue weighted by atomic mass is 10.1. The smallest absolute Gasteiger partial charge is 0.276 e. The van der Waals surface area contributed by atoms with Gasteiger partial charge < -0.3 is 5.32 Å². The molecule has 1 heterocycles. The Hall–Kier alpha value is -2.60. The highest BCUT2D eigenvalue weighted by molar-refractivity contribution is 7.97. The number of hydrogen-bond donors (Lipinski definition) is 1. The lowest BCUT2D eigenvalue weighted by Crippen LogP contribution is -2.14. The van der Waals surface area contributed by atoms with Gasteiger partial charge in [-0.1, -0.05) is 18.2 Å². The molecule has 0 unspecified atom stereocenters. The monoisotopic (exact) mass is 355 g/mol. The van der Waals surface area contributed by atoms with Crippen molar-refractivity contribution in [1.82, 2.24) is 9.78 Å². The van der Waals surface area contributed by atoms with Crippen LogP contribution in [-0.2, 0) is 5.75 Å². The number of aromatic nitrogens is 2. The van der Waals surface area contributed by atoms with Crippen LogP contribution in [-0.4, -0.2) is 21.9 Å². The quantitative estimate of drug-likeness (QED) is 0.736. The Labute approximate surface area is 150 Å². The fourth-order valence-electron chi connectivity index (χ4n) is 2.52. The summed E-state index contributed by atoms with van der Waals surface area (Å²) in [6.07, 6.45) is 3.68. The first-order valence-corrected chi connectivity index (χ1v) is 9.18. The Morgan fingerprint density at radius 2 is 2.04 bits per heavy atom. The van der Waals surface area contributed by atoms with Gasteiger partial charge in [0.15, 0.2) is 5.69 Å². The van der Waals surface area contributed by atoms with Crippen LogP contribution < -0.4 is 5.32 Å². The first-order valence-electron chi connectivity index (χ1n) is 7.79. The molecule has 4 nitrogen and oxygen atoms in total. The largest absolute Gasteiger partial charge is 0.320 e. The number of benzene rings is 2. The molecule has 0 aliphatic carbocycles. The van der Waals surface area contributed by atoms with E-state index in [0.717, 1.165) is 17.0 Å². The normalized spacial score (nSPS) is 10.7. The van der Waals surface area contributed by atoms with Crippen LogP contribution in [0.2, 0.25) is 0 Å². The molecule has 6 heteroatoms. The van der Waals surface area contributed by atoms with Crippen LogP contribution in [0, 0.1) is 12.7 Å². The second-order valence-corrected chi connectivity index (χ2v) is 6.47. The Kier molecular flexibility index (Phi) is 5.19. The van der Waals surface area contributed by atoms with E-state index in [1.807, 2.05) is 25.3 Å². The molecule has 0 saturated heterocycles. The van der Waals surface area contributed by atoms with Crippen LogP contribution in [0.3, 0.4) is 0 Å². The Balaban J connectivity index is 1.80. The highest BCUT2D eigenvalue weighted by atomic mass is 32.2. The van der Waals surface area contributed by atoms with E-state index in [2.05, 4.69) is 16.5 Å². The van der Waals surface area contributed by atoms with Gasteiger partial charge in [0.2, 0.25) is 0 Å². The molecule has 0 fully saturated rings. The molecule has 0 saturated carbocycles. The summed E-state index contributed by atoms with van der Waals surface area (Å²) in [7, 11) is 0. The Morgan fingerprint density at radius 1 is 1.24 bits per heavy atom. The second kappa shape index (κ2) is 7.53. The van der Waals surface area contributed by atoms with Crippen molar-refractivity contribution in [3.8, 4) is 5.69 Å². The summed E-state index contributed by atoms with van der Waals surface area (Å²) in [5, 5.41) is 7.14. The van der Waals surface area contributed by atoms with Gasteiger partial charge in [-0.05, 0) is 54.6 Å². The van der Waals surface area contributed by atoms with E-state index in [1.54, 1.807) is 36.2 Å². The lowest BCUT2D eigenvalue weighted by molar-refractivity contribution is 0.102. The predicted molar refractivity (Wildman–Crippen MR) is 99.9 cm³/mol. The number of carbonyl (C=O) groups excluding carboxylic acids is 1. The molecule has 25 heavy (non-hydrogen) atoms. The minimum atomic E-state index is -0.347. The molecule has 1 amide bonds. The molecule has 3 aromatic rings. The molecule has 128 valence electrons. The zero-order valence-corrected chi connectivity index (χ0v) is 14.8. The van der Waals surface area contributed by atoms with E-state index in [-0.39, 0.29) is 17.4 Å². The Morgan fingerprint density at radius 3 is 2.80 bits per heavy atom. The average Bonchev–Trinajstić information content (AvgIpc) is 3.09. The van der Waals surface area contributed by atoms with Crippen molar-refractivity contribution >= 4 is 23.4 Å². The summed E-state index contributed by atoms with van der Waals surface area (Å²) in [5.74, 6) is 0.254.